The first kappa shape index (κ1) is 26.6. The van der Waals surface area contributed by atoms with Crippen LogP contribution >= 0.6 is 0 Å². The summed E-state index contributed by atoms with van der Waals surface area (Å²) in [6.07, 6.45) is 1.44. The number of nitrogens with zero attached hydrogens (tertiary/aromatic N) is 4. The second-order valence-corrected chi connectivity index (χ2v) is 9.44. The van der Waals surface area contributed by atoms with Crippen LogP contribution in [-0.4, -0.2) is 55.3 Å². The van der Waals surface area contributed by atoms with Gasteiger partial charge < -0.3 is 15.0 Å². The Bertz CT molecular complexity index is 1280. The summed E-state index contributed by atoms with van der Waals surface area (Å²) in [4.78, 5) is 31.4. The lowest BCUT2D eigenvalue weighted by Crippen LogP contribution is -2.54. The summed E-state index contributed by atoms with van der Waals surface area (Å²) in [5.74, 6) is 0.558. The van der Waals surface area contributed by atoms with Crippen molar-refractivity contribution in [3.05, 3.63) is 72.3 Å². The van der Waals surface area contributed by atoms with E-state index in [0.717, 1.165) is 5.56 Å². The average molecular weight is 516 g/mol. The predicted octanol–water partition coefficient (Wildman–Crippen LogP) is 1.29. The van der Waals surface area contributed by atoms with Gasteiger partial charge in [-0.3, -0.25) is 9.48 Å². The summed E-state index contributed by atoms with van der Waals surface area (Å²) in [5, 5.41) is 6.40. The fourth-order valence-electron chi connectivity index (χ4n) is 3.54. The molecule has 0 saturated carbocycles. The predicted molar refractivity (Wildman–Crippen MR) is 133 cm³/mol. The third kappa shape index (κ3) is 7.02. The molecule has 3 rings (SSSR count). The largest absolute Gasteiger partial charge is 0.497 e. The number of likely N-dealkylation sites (N-methyl/N-ethyl adjacent to an activating group) is 1. The number of nitrogens with one attached hydrogen (secondary N) is 3. The first-order valence-corrected chi connectivity index (χ1v) is 12.5. The van der Waals surface area contributed by atoms with Crippen molar-refractivity contribution in [2.45, 2.75) is 25.4 Å². The summed E-state index contributed by atoms with van der Waals surface area (Å²) >= 11 is 0. The van der Waals surface area contributed by atoms with Crippen LogP contribution in [0, 0.1) is 0 Å². The zero-order chi connectivity index (χ0) is 26.3. The number of hydrogen-bond donors (Lipinski definition) is 3. The molecule has 0 fully saturated rings. The molecule has 2 atom stereocenters. The van der Waals surface area contributed by atoms with Crippen molar-refractivity contribution >= 4 is 27.8 Å². The molecule has 0 aliphatic carbocycles. The maximum Gasteiger partial charge on any atom is 0.330 e. The number of carbonyl (C=O) groups excluding carboxylic acids is 2. The van der Waals surface area contributed by atoms with Crippen LogP contribution in [0.5, 0.6) is 5.75 Å². The quantitative estimate of drug-likeness (QED) is 0.369. The molecule has 1 aromatic heterocycles. The second-order valence-electron chi connectivity index (χ2n) is 8.00. The molecule has 12 nitrogen and oxygen atoms in total. The van der Waals surface area contributed by atoms with E-state index in [1.54, 1.807) is 52.4 Å². The fraction of sp³-hybridized carbons (Fsp3) is 0.304. The van der Waals surface area contributed by atoms with Gasteiger partial charge in [0.25, 0.3) is 0 Å². The van der Waals surface area contributed by atoms with Crippen molar-refractivity contribution in [2.75, 3.05) is 19.1 Å². The van der Waals surface area contributed by atoms with Gasteiger partial charge in [0, 0.05) is 26.2 Å². The van der Waals surface area contributed by atoms with E-state index in [1.807, 2.05) is 35.1 Å². The van der Waals surface area contributed by atoms with E-state index in [4.69, 9.17) is 4.74 Å². The van der Waals surface area contributed by atoms with Crippen molar-refractivity contribution in [3.63, 3.8) is 0 Å². The summed E-state index contributed by atoms with van der Waals surface area (Å²) in [6.45, 7) is 1.56. The van der Waals surface area contributed by atoms with Gasteiger partial charge in [-0.05, 0) is 36.8 Å². The summed E-state index contributed by atoms with van der Waals surface area (Å²) < 4.78 is 35.8. The molecule has 0 bridgehead atoms. The van der Waals surface area contributed by atoms with E-state index < -0.39 is 34.2 Å². The van der Waals surface area contributed by atoms with Gasteiger partial charge in [-0.2, -0.15) is 18.2 Å². The van der Waals surface area contributed by atoms with Crippen LogP contribution in [0.2, 0.25) is 0 Å². The molecular formula is C23H29N7O5S. The molecule has 3 N–H and O–H groups in total. The van der Waals surface area contributed by atoms with Crippen LogP contribution in [0.15, 0.2) is 60.9 Å². The second kappa shape index (κ2) is 11.6. The molecule has 1 unspecified atom stereocenters. The first-order chi connectivity index (χ1) is 17.1. The Balaban J connectivity index is 1.73. The zero-order valence-electron chi connectivity index (χ0n) is 20.4. The highest BCUT2D eigenvalue weighted by molar-refractivity contribution is 7.88. The van der Waals surface area contributed by atoms with Crippen molar-refractivity contribution in [1.29, 1.82) is 0 Å². The van der Waals surface area contributed by atoms with Crippen molar-refractivity contribution in [2.24, 2.45) is 7.05 Å². The van der Waals surface area contributed by atoms with E-state index in [-0.39, 0.29) is 6.42 Å². The molecule has 13 heteroatoms. The molecule has 0 aliphatic heterocycles. The number of urea groups is 1. The van der Waals surface area contributed by atoms with Crippen LogP contribution in [-0.2, 0) is 28.5 Å². The topological polar surface area (TPSA) is 148 Å². The van der Waals surface area contributed by atoms with Crippen LogP contribution in [0.1, 0.15) is 24.4 Å². The maximum atomic E-state index is 13.3. The maximum absolute atomic E-state index is 13.3. The minimum Gasteiger partial charge on any atom is -0.497 e. The fourth-order valence-corrected chi connectivity index (χ4v) is 4.47. The van der Waals surface area contributed by atoms with E-state index in [2.05, 4.69) is 20.1 Å². The Morgan fingerprint density at radius 1 is 1.11 bits per heavy atom. The molecular weight excluding hydrogens is 486 g/mol. The number of aromatic nitrogens is 3. The number of benzene rings is 2. The van der Waals surface area contributed by atoms with E-state index in [9.17, 15) is 18.0 Å². The van der Waals surface area contributed by atoms with Crippen LogP contribution < -0.4 is 24.4 Å². The van der Waals surface area contributed by atoms with Gasteiger partial charge in [-0.15, -0.1) is 0 Å². The first-order valence-electron chi connectivity index (χ1n) is 11.0. The van der Waals surface area contributed by atoms with Crippen LogP contribution in [0.3, 0.4) is 0 Å². The number of methoxy groups -OCH3 is 1. The molecule has 192 valence electrons. The third-order valence-electron chi connectivity index (χ3n) is 5.37. The Hall–Kier alpha value is -3.97. The lowest BCUT2D eigenvalue weighted by Gasteiger charge is -2.25. The highest BCUT2D eigenvalue weighted by Gasteiger charge is 2.28. The van der Waals surface area contributed by atoms with E-state index >= 15 is 0 Å². The van der Waals surface area contributed by atoms with Crippen LogP contribution in [0.4, 0.5) is 10.5 Å². The number of carbonyl (C=O) groups is 2. The number of anilines is 1. The van der Waals surface area contributed by atoms with Crippen molar-refractivity contribution < 1.29 is 22.7 Å². The standard InChI is InChI=1S/C23H29N7O5S/c1-16(21-24-15-25-30(21)3)27-36(33,34)28-23(32)26-20(14-17-8-6-5-7-9-17)22(31)29(2)18-10-12-19(35-4)13-11-18/h5-13,15-16,20,27H,14H2,1-4H3,(H2,26,28,32)/t16?,20-/m0/s1. The van der Waals surface area contributed by atoms with Gasteiger partial charge in [-0.25, -0.2) is 14.5 Å². The Morgan fingerprint density at radius 3 is 2.36 bits per heavy atom. The third-order valence-corrected chi connectivity index (χ3v) is 6.49. The molecule has 3 aromatic rings. The minimum absolute atomic E-state index is 0.149. The highest BCUT2D eigenvalue weighted by Crippen LogP contribution is 2.19. The molecule has 3 amide bonds. The summed E-state index contributed by atoms with van der Waals surface area (Å²) in [7, 11) is 0.451. The normalized spacial score (nSPS) is 12.9. The van der Waals surface area contributed by atoms with Gasteiger partial charge in [0.2, 0.25) is 5.91 Å². The monoisotopic (exact) mass is 515 g/mol. The van der Waals surface area contributed by atoms with Crippen LogP contribution in [0.25, 0.3) is 0 Å². The molecule has 1 heterocycles. The summed E-state index contributed by atoms with van der Waals surface area (Å²) in [6, 6.07) is 13.1. The molecule has 0 spiro atoms. The van der Waals surface area contributed by atoms with Gasteiger partial charge in [-0.1, -0.05) is 30.3 Å². The Morgan fingerprint density at radius 2 is 1.78 bits per heavy atom. The lowest BCUT2D eigenvalue weighted by atomic mass is 10.0. The molecule has 2 aromatic carbocycles. The number of rotatable bonds is 10. The molecule has 0 saturated heterocycles. The van der Waals surface area contributed by atoms with E-state index in [1.165, 1.54) is 15.9 Å². The summed E-state index contributed by atoms with van der Waals surface area (Å²) in [5.41, 5.74) is 1.36. The highest BCUT2D eigenvalue weighted by atomic mass is 32.2. The zero-order valence-corrected chi connectivity index (χ0v) is 21.2. The SMILES string of the molecule is COc1ccc(N(C)C(=O)[C@H](Cc2ccccc2)NC(=O)NS(=O)(=O)NC(C)c2ncnn2C)cc1. The minimum atomic E-state index is -4.28. The Labute approximate surface area is 209 Å². The van der Waals surface area contributed by atoms with Gasteiger partial charge in [0.15, 0.2) is 0 Å². The van der Waals surface area contributed by atoms with Crippen molar-refractivity contribution in [1.82, 2.24) is 29.5 Å². The molecule has 0 radical (unpaired) electrons. The lowest BCUT2D eigenvalue weighted by molar-refractivity contribution is -0.120. The average Bonchev–Trinajstić information content (AvgIpc) is 3.28. The Kier molecular flexibility index (Phi) is 8.61. The van der Waals surface area contributed by atoms with Gasteiger partial charge in [0.1, 0.15) is 23.9 Å². The number of amides is 3. The van der Waals surface area contributed by atoms with Gasteiger partial charge >= 0.3 is 16.2 Å². The van der Waals surface area contributed by atoms with Gasteiger partial charge in [0.05, 0.1) is 13.2 Å². The smallest absolute Gasteiger partial charge is 0.330 e. The van der Waals surface area contributed by atoms with Crippen molar-refractivity contribution in [3.8, 4) is 5.75 Å². The molecule has 36 heavy (non-hydrogen) atoms. The van der Waals surface area contributed by atoms with E-state index in [0.29, 0.717) is 17.3 Å². The number of ether oxygens (including phenoxy) is 1. The number of aryl methyl sites for hydroxylation is 1. The molecule has 0 aliphatic rings. The number of hydrogen-bond acceptors (Lipinski definition) is 7.